The van der Waals surface area contributed by atoms with Crippen molar-refractivity contribution in [2.24, 2.45) is 5.92 Å². The van der Waals surface area contributed by atoms with Crippen molar-refractivity contribution in [2.75, 3.05) is 39.4 Å². The van der Waals surface area contributed by atoms with E-state index in [1.807, 2.05) is 11.0 Å². The van der Waals surface area contributed by atoms with Crippen molar-refractivity contribution in [3.05, 3.63) is 22.2 Å². The van der Waals surface area contributed by atoms with Crippen molar-refractivity contribution in [1.29, 1.82) is 0 Å². The smallest absolute Gasteiger partial charge is 0.225 e. The molecular formula is C19H27BrN2O3. The number of rotatable bonds is 5. The van der Waals surface area contributed by atoms with Crippen LogP contribution in [0.25, 0.3) is 0 Å². The second-order valence-corrected chi connectivity index (χ2v) is 7.50. The van der Waals surface area contributed by atoms with Crippen molar-refractivity contribution in [1.82, 2.24) is 9.80 Å². The van der Waals surface area contributed by atoms with E-state index >= 15 is 0 Å². The SMILES string of the molecule is CCN(CC)C(=O)C1CCN(Cc2cc3c(cc2Br)OCCO3)CC1. The van der Waals surface area contributed by atoms with E-state index in [1.165, 1.54) is 5.56 Å². The third-order valence-electron chi connectivity index (χ3n) is 5.12. The summed E-state index contributed by atoms with van der Waals surface area (Å²) in [5.74, 6) is 2.14. The topological polar surface area (TPSA) is 42.0 Å². The third-order valence-corrected chi connectivity index (χ3v) is 5.86. The van der Waals surface area contributed by atoms with Gasteiger partial charge in [-0.15, -0.1) is 0 Å². The molecule has 25 heavy (non-hydrogen) atoms. The van der Waals surface area contributed by atoms with Gasteiger partial charge in [0.2, 0.25) is 5.91 Å². The van der Waals surface area contributed by atoms with Gasteiger partial charge >= 0.3 is 0 Å². The van der Waals surface area contributed by atoms with E-state index < -0.39 is 0 Å². The monoisotopic (exact) mass is 410 g/mol. The molecule has 1 fully saturated rings. The molecule has 5 nitrogen and oxygen atoms in total. The summed E-state index contributed by atoms with van der Waals surface area (Å²) in [6, 6.07) is 4.08. The quantitative estimate of drug-likeness (QED) is 0.746. The number of ether oxygens (including phenoxy) is 2. The molecule has 0 aliphatic carbocycles. The van der Waals surface area contributed by atoms with Gasteiger partial charge in [0.1, 0.15) is 13.2 Å². The van der Waals surface area contributed by atoms with Crippen LogP contribution in [0.1, 0.15) is 32.3 Å². The summed E-state index contributed by atoms with van der Waals surface area (Å²) in [7, 11) is 0. The van der Waals surface area contributed by atoms with E-state index in [0.29, 0.717) is 19.1 Å². The van der Waals surface area contributed by atoms with Gasteiger partial charge in [-0.2, -0.15) is 0 Å². The number of carbonyl (C=O) groups excluding carboxylic acids is 1. The number of likely N-dealkylation sites (tertiary alicyclic amines) is 1. The molecule has 0 radical (unpaired) electrons. The molecular weight excluding hydrogens is 384 g/mol. The summed E-state index contributed by atoms with van der Waals surface area (Å²) in [6.45, 7) is 9.70. The molecule has 2 aliphatic rings. The summed E-state index contributed by atoms with van der Waals surface area (Å²) in [6.07, 6.45) is 1.88. The zero-order valence-corrected chi connectivity index (χ0v) is 16.7. The molecule has 1 saturated heterocycles. The highest BCUT2D eigenvalue weighted by molar-refractivity contribution is 9.10. The zero-order chi connectivity index (χ0) is 17.8. The second-order valence-electron chi connectivity index (χ2n) is 6.65. The van der Waals surface area contributed by atoms with Gasteiger partial charge in [0, 0.05) is 30.0 Å². The van der Waals surface area contributed by atoms with Gasteiger partial charge in [-0.05, 0) is 57.5 Å². The first kappa shape index (κ1) is 18.5. The van der Waals surface area contributed by atoms with Crippen LogP contribution < -0.4 is 9.47 Å². The Balaban J connectivity index is 1.58. The van der Waals surface area contributed by atoms with E-state index in [-0.39, 0.29) is 5.92 Å². The molecule has 6 heteroatoms. The molecule has 0 atom stereocenters. The van der Waals surface area contributed by atoms with Crippen molar-refractivity contribution in [3.63, 3.8) is 0 Å². The van der Waals surface area contributed by atoms with Crippen LogP contribution in [-0.4, -0.2) is 55.1 Å². The lowest BCUT2D eigenvalue weighted by atomic mass is 9.95. The highest BCUT2D eigenvalue weighted by Crippen LogP contribution is 2.36. The summed E-state index contributed by atoms with van der Waals surface area (Å²) >= 11 is 3.65. The molecule has 0 unspecified atom stereocenters. The molecule has 138 valence electrons. The van der Waals surface area contributed by atoms with Gasteiger partial charge in [-0.3, -0.25) is 9.69 Å². The summed E-state index contributed by atoms with van der Waals surface area (Å²) in [5.41, 5.74) is 1.21. The number of fused-ring (bicyclic) bond motifs is 1. The number of carbonyl (C=O) groups is 1. The van der Waals surface area contributed by atoms with Crippen LogP contribution in [0.15, 0.2) is 16.6 Å². The number of hydrogen-bond acceptors (Lipinski definition) is 4. The first-order valence-corrected chi connectivity index (χ1v) is 10.0. The Bertz CT molecular complexity index is 611. The summed E-state index contributed by atoms with van der Waals surface area (Å²) < 4.78 is 12.4. The molecule has 1 aromatic carbocycles. The van der Waals surface area contributed by atoms with Gasteiger partial charge in [0.25, 0.3) is 0 Å². The molecule has 0 bridgehead atoms. The predicted octanol–water partition coefficient (Wildman–Crippen LogP) is 3.30. The van der Waals surface area contributed by atoms with E-state index in [0.717, 1.165) is 61.5 Å². The largest absolute Gasteiger partial charge is 0.486 e. The van der Waals surface area contributed by atoms with Gasteiger partial charge in [-0.25, -0.2) is 0 Å². The average Bonchev–Trinajstić information content (AvgIpc) is 2.64. The summed E-state index contributed by atoms with van der Waals surface area (Å²) in [5, 5.41) is 0. The minimum atomic E-state index is 0.180. The molecule has 1 amide bonds. The molecule has 1 aromatic rings. The van der Waals surface area contributed by atoms with Gasteiger partial charge in [-0.1, -0.05) is 15.9 Å². The maximum atomic E-state index is 12.5. The lowest BCUT2D eigenvalue weighted by molar-refractivity contribution is -0.136. The fraction of sp³-hybridized carbons (Fsp3) is 0.632. The van der Waals surface area contributed by atoms with Crippen molar-refractivity contribution in [3.8, 4) is 11.5 Å². The van der Waals surface area contributed by atoms with Crippen molar-refractivity contribution < 1.29 is 14.3 Å². The molecule has 0 aromatic heterocycles. The first-order chi connectivity index (χ1) is 12.1. The van der Waals surface area contributed by atoms with Crippen molar-refractivity contribution >= 4 is 21.8 Å². The Labute approximate surface area is 158 Å². The maximum absolute atomic E-state index is 12.5. The molecule has 0 N–H and O–H groups in total. The second kappa shape index (κ2) is 8.41. The van der Waals surface area contributed by atoms with E-state index in [9.17, 15) is 4.79 Å². The lowest BCUT2D eigenvalue weighted by Crippen LogP contribution is -2.42. The van der Waals surface area contributed by atoms with Gasteiger partial charge in [0.15, 0.2) is 11.5 Å². The standard InChI is InChI=1S/C19H27BrN2O3/c1-3-22(4-2)19(23)14-5-7-21(8-6-14)13-15-11-17-18(12-16(15)20)25-10-9-24-17/h11-12,14H,3-10,13H2,1-2H3. The highest BCUT2D eigenvalue weighted by atomic mass is 79.9. The number of nitrogens with zero attached hydrogens (tertiary/aromatic N) is 2. The van der Waals surface area contributed by atoms with Crippen molar-refractivity contribution in [2.45, 2.75) is 33.2 Å². The lowest BCUT2D eigenvalue weighted by Gasteiger charge is -2.34. The zero-order valence-electron chi connectivity index (χ0n) is 15.1. The normalized spacial score (nSPS) is 18.2. The Morgan fingerprint density at radius 2 is 1.76 bits per heavy atom. The number of halogens is 1. The number of piperidine rings is 1. The van der Waals surface area contributed by atoms with Crippen LogP contribution in [0.5, 0.6) is 11.5 Å². The maximum Gasteiger partial charge on any atom is 0.225 e. The van der Waals surface area contributed by atoms with E-state index in [2.05, 4.69) is 40.7 Å². The fourth-order valence-corrected chi connectivity index (χ4v) is 4.05. The number of amides is 1. The molecule has 0 saturated carbocycles. The van der Waals surface area contributed by atoms with Crippen LogP contribution in [0.2, 0.25) is 0 Å². The average molecular weight is 411 g/mol. The summed E-state index contributed by atoms with van der Waals surface area (Å²) in [4.78, 5) is 16.9. The molecule has 2 heterocycles. The molecule has 0 spiro atoms. The first-order valence-electron chi connectivity index (χ1n) is 9.21. The van der Waals surface area contributed by atoms with E-state index in [4.69, 9.17) is 9.47 Å². The van der Waals surface area contributed by atoms with Gasteiger partial charge < -0.3 is 14.4 Å². The minimum absolute atomic E-state index is 0.180. The van der Waals surface area contributed by atoms with Crippen LogP contribution in [0.3, 0.4) is 0 Å². The molecule has 2 aliphatic heterocycles. The van der Waals surface area contributed by atoms with Crippen LogP contribution in [0.4, 0.5) is 0 Å². The fourth-order valence-electron chi connectivity index (χ4n) is 3.60. The minimum Gasteiger partial charge on any atom is -0.486 e. The Morgan fingerprint density at radius 3 is 2.36 bits per heavy atom. The van der Waals surface area contributed by atoms with Crippen LogP contribution in [0, 0.1) is 5.92 Å². The van der Waals surface area contributed by atoms with Crippen LogP contribution >= 0.6 is 15.9 Å². The Hall–Kier alpha value is -1.27. The Morgan fingerprint density at radius 1 is 1.16 bits per heavy atom. The van der Waals surface area contributed by atoms with Gasteiger partial charge in [0.05, 0.1) is 0 Å². The third kappa shape index (κ3) is 4.29. The van der Waals surface area contributed by atoms with E-state index in [1.54, 1.807) is 0 Å². The Kier molecular flexibility index (Phi) is 6.23. The predicted molar refractivity (Wildman–Crippen MR) is 101 cm³/mol. The van der Waals surface area contributed by atoms with Crippen LogP contribution in [-0.2, 0) is 11.3 Å². The molecule has 3 rings (SSSR count). The highest BCUT2D eigenvalue weighted by Gasteiger charge is 2.28. The number of benzene rings is 1. The number of hydrogen-bond donors (Lipinski definition) is 0.